The predicted octanol–water partition coefficient (Wildman–Crippen LogP) is 2.51. The molecule has 2 heterocycles. The van der Waals surface area contributed by atoms with E-state index in [0.717, 1.165) is 11.4 Å². The maximum Gasteiger partial charge on any atom is 0.198 e. The molecule has 0 saturated carbocycles. The van der Waals surface area contributed by atoms with E-state index in [4.69, 9.17) is 11.6 Å². The van der Waals surface area contributed by atoms with Crippen LogP contribution in [0.2, 0.25) is 5.15 Å². The first kappa shape index (κ1) is 11.1. The topological polar surface area (TPSA) is 43.1 Å². The van der Waals surface area contributed by atoms with Gasteiger partial charge in [-0.25, -0.2) is 9.37 Å². The standard InChI is InChI=1S/C12H8ClFN4/c13-11-12-17-16-10(18(12)6-5-15-11)7-8-1-3-9(14)4-2-8/h1-6H,7H2. The Labute approximate surface area is 107 Å². The number of aromatic nitrogens is 4. The van der Waals surface area contributed by atoms with Crippen molar-refractivity contribution in [2.24, 2.45) is 0 Å². The molecular formula is C12H8ClFN4. The van der Waals surface area contributed by atoms with Crippen molar-refractivity contribution in [2.75, 3.05) is 0 Å². The van der Waals surface area contributed by atoms with Gasteiger partial charge in [0.05, 0.1) is 0 Å². The summed E-state index contributed by atoms with van der Waals surface area (Å²) in [6, 6.07) is 6.29. The van der Waals surface area contributed by atoms with Gasteiger partial charge in [-0.3, -0.25) is 4.40 Å². The van der Waals surface area contributed by atoms with Crippen LogP contribution in [0.5, 0.6) is 0 Å². The quantitative estimate of drug-likeness (QED) is 0.713. The van der Waals surface area contributed by atoms with E-state index in [2.05, 4.69) is 15.2 Å². The molecule has 2 aromatic heterocycles. The summed E-state index contributed by atoms with van der Waals surface area (Å²) in [5.41, 5.74) is 1.48. The second kappa shape index (κ2) is 4.34. The minimum Gasteiger partial charge on any atom is -0.282 e. The lowest BCUT2D eigenvalue weighted by Gasteiger charge is -2.00. The van der Waals surface area contributed by atoms with Crippen molar-refractivity contribution in [3.63, 3.8) is 0 Å². The van der Waals surface area contributed by atoms with Crippen LogP contribution in [0.4, 0.5) is 4.39 Å². The Morgan fingerprint density at radius 2 is 1.94 bits per heavy atom. The third-order valence-corrected chi connectivity index (χ3v) is 2.90. The van der Waals surface area contributed by atoms with E-state index in [0.29, 0.717) is 17.2 Å². The maximum absolute atomic E-state index is 12.8. The van der Waals surface area contributed by atoms with Crippen molar-refractivity contribution in [1.29, 1.82) is 0 Å². The van der Waals surface area contributed by atoms with Crippen LogP contribution >= 0.6 is 11.6 Å². The van der Waals surface area contributed by atoms with Crippen molar-refractivity contribution in [2.45, 2.75) is 6.42 Å². The lowest BCUT2D eigenvalue weighted by atomic mass is 10.1. The molecule has 0 aliphatic carbocycles. The summed E-state index contributed by atoms with van der Waals surface area (Å²) >= 11 is 5.91. The van der Waals surface area contributed by atoms with Gasteiger partial charge in [0, 0.05) is 18.8 Å². The van der Waals surface area contributed by atoms with Gasteiger partial charge in [0.15, 0.2) is 10.8 Å². The fourth-order valence-corrected chi connectivity index (χ4v) is 1.93. The molecule has 3 rings (SSSR count). The number of fused-ring (bicyclic) bond motifs is 1. The summed E-state index contributed by atoms with van der Waals surface area (Å²) in [7, 11) is 0. The second-order valence-corrected chi connectivity index (χ2v) is 4.19. The monoisotopic (exact) mass is 262 g/mol. The van der Waals surface area contributed by atoms with Crippen LogP contribution in [-0.4, -0.2) is 19.6 Å². The third-order valence-electron chi connectivity index (χ3n) is 2.63. The SMILES string of the molecule is Fc1ccc(Cc2nnc3c(Cl)nccn23)cc1. The lowest BCUT2D eigenvalue weighted by molar-refractivity contribution is 0.627. The van der Waals surface area contributed by atoms with Crippen LogP contribution in [0, 0.1) is 5.82 Å². The molecule has 0 atom stereocenters. The Morgan fingerprint density at radius 3 is 2.72 bits per heavy atom. The first-order chi connectivity index (χ1) is 8.74. The highest BCUT2D eigenvalue weighted by Crippen LogP contribution is 2.14. The molecule has 4 nitrogen and oxygen atoms in total. The van der Waals surface area contributed by atoms with E-state index >= 15 is 0 Å². The number of benzene rings is 1. The molecule has 3 aromatic rings. The van der Waals surface area contributed by atoms with Gasteiger partial charge in [0.1, 0.15) is 11.6 Å². The van der Waals surface area contributed by atoms with Gasteiger partial charge in [0.25, 0.3) is 0 Å². The lowest BCUT2D eigenvalue weighted by Crippen LogP contribution is -1.97. The zero-order chi connectivity index (χ0) is 12.5. The Kier molecular flexibility index (Phi) is 2.68. The van der Waals surface area contributed by atoms with E-state index in [1.165, 1.54) is 12.1 Å². The molecule has 6 heteroatoms. The number of halogens is 2. The van der Waals surface area contributed by atoms with Gasteiger partial charge in [-0.1, -0.05) is 23.7 Å². The van der Waals surface area contributed by atoms with Gasteiger partial charge in [-0.15, -0.1) is 10.2 Å². The summed E-state index contributed by atoms with van der Waals surface area (Å²) in [5.74, 6) is 0.484. The number of nitrogens with zero attached hydrogens (tertiary/aromatic N) is 4. The van der Waals surface area contributed by atoms with Gasteiger partial charge in [-0.05, 0) is 17.7 Å². The highest BCUT2D eigenvalue weighted by Gasteiger charge is 2.09. The molecule has 0 amide bonds. The predicted molar refractivity (Wildman–Crippen MR) is 65.0 cm³/mol. The fraction of sp³-hybridized carbons (Fsp3) is 0.0833. The van der Waals surface area contributed by atoms with E-state index in [9.17, 15) is 4.39 Å². The average molecular weight is 263 g/mol. The summed E-state index contributed by atoms with van der Waals surface area (Å²) in [6.07, 6.45) is 3.90. The molecule has 0 aliphatic heterocycles. The zero-order valence-corrected chi connectivity index (χ0v) is 9.97. The Balaban J connectivity index is 2.00. The number of hydrogen-bond acceptors (Lipinski definition) is 3. The highest BCUT2D eigenvalue weighted by molar-refractivity contribution is 6.32. The summed E-state index contributed by atoms with van der Waals surface area (Å²) in [5, 5.41) is 8.36. The minimum atomic E-state index is -0.253. The average Bonchev–Trinajstić information content (AvgIpc) is 2.77. The van der Waals surface area contributed by atoms with Crippen molar-refractivity contribution in [3.05, 3.63) is 59.0 Å². The van der Waals surface area contributed by atoms with Crippen molar-refractivity contribution in [3.8, 4) is 0 Å². The van der Waals surface area contributed by atoms with Crippen molar-refractivity contribution >= 4 is 17.2 Å². The maximum atomic E-state index is 12.8. The largest absolute Gasteiger partial charge is 0.282 e. The molecule has 0 saturated heterocycles. The summed E-state index contributed by atoms with van der Waals surface area (Å²) in [4.78, 5) is 3.93. The smallest absolute Gasteiger partial charge is 0.198 e. The molecule has 0 N–H and O–H groups in total. The summed E-state index contributed by atoms with van der Waals surface area (Å²) < 4.78 is 14.6. The van der Waals surface area contributed by atoms with Crippen LogP contribution in [0.3, 0.4) is 0 Å². The Hall–Kier alpha value is -2.01. The van der Waals surface area contributed by atoms with E-state index in [1.54, 1.807) is 28.9 Å². The van der Waals surface area contributed by atoms with Crippen LogP contribution in [0.15, 0.2) is 36.7 Å². The number of rotatable bonds is 2. The van der Waals surface area contributed by atoms with E-state index in [-0.39, 0.29) is 5.82 Å². The van der Waals surface area contributed by atoms with Crippen molar-refractivity contribution < 1.29 is 4.39 Å². The minimum absolute atomic E-state index is 0.253. The second-order valence-electron chi connectivity index (χ2n) is 3.83. The molecular weight excluding hydrogens is 255 g/mol. The van der Waals surface area contributed by atoms with Gasteiger partial charge < -0.3 is 0 Å². The van der Waals surface area contributed by atoms with Crippen LogP contribution < -0.4 is 0 Å². The van der Waals surface area contributed by atoms with Crippen LogP contribution in [0.1, 0.15) is 11.4 Å². The molecule has 90 valence electrons. The molecule has 0 unspecified atom stereocenters. The molecule has 0 aliphatic rings. The Morgan fingerprint density at radius 1 is 1.17 bits per heavy atom. The normalized spacial score (nSPS) is 11.0. The Bertz CT molecular complexity index is 693. The molecule has 18 heavy (non-hydrogen) atoms. The van der Waals surface area contributed by atoms with E-state index < -0.39 is 0 Å². The molecule has 0 bridgehead atoms. The van der Waals surface area contributed by atoms with Gasteiger partial charge in [-0.2, -0.15) is 0 Å². The molecule has 0 spiro atoms. The van der Waals surface area contributed by atoms with Crippen LogP contribution in [-0.2, 0) is 6.42 Å². The van der Waals surface area contributed by atoms with Crippen LogP contribution in [0.25, 0.3) is 5.65 Å². The molecule has 0 radical (unpaired) electrons. The third kappa shape index (κ3) is 1.93. The fourth-order valence-electron chi connectivity index (χ4n) is 1.75. The molecule has 1 aromatic carbocycles. The first-order valence-corrected chi connectivity index (χ1v) is 5.70. The molecule has 0 fully saturated rings. The highest BCUT2D eigenvalue weighted by atomic mass is 35.5. The van der Waals surface area contributed by atoms with Gasteiger partial charge >= 0.3 is 0 Å². The summed E-state index contributed by atoms with van der Waals surface area (Å²) in [6.45, 7) is 0. The van der Waals surface area contributed by atoms with Gasteiger partial charge in [0.2, 0.25) is 0 Å². The van der Waals surface area contributed by atoms with Crippen molar-refractivity contribution in [1.82, 2.24) is 19.6 Å². The number of hydrogen-bond donors (Lipinski definition) is 0. The van der Waals surface area contributed by atoms with E-state index in [1.807, 2.05) is 0 Å². The first-order valence-electron chi connectivity index (χ1n) is 5.32. The zero-order valence-electron chi connectivity index (χ0n) is 9.22.